The van der Waals surface area contributed by atoms with E-state index in [2.05, 4.69) is 6.58 Å². The van der Waals surface area contributed by atoms with Crippen molar-refractivity contribution in [3.05, 3.63) is 54.1 Å². The average Bonchev–Trinajstić information content (AvgIpc) is 2.26. The van der Waals surface area contributed by atoms with E-state index in [9.17, 15) is 4.79 Å². The average molecular weight is 185 g/mol. The largest absolute Gasteiger partial charge is 0.309 e. The van der Waals surface area contributed by atoms with Crippen molar-refractivity contribution in [1.29, 1.82) is 5.41 Å². The van der Waals surface area contributed by atoms with Crippen LogP contribution in [0.1, 0.15) is 15.9 Å². The Balaban J connectivity index is 3.06. The predicted octanol–water partition coefficient (Wildman–Crippen LogP) is 2.72. The van der Waals surface area contributed by atoms with E-state index in [1.54, 1.807) is 24.3 Å². The smallest absolute Gasteiger partial charge is 0.150 e. The third-order valence-electron chi connectivity index (χ3n) is 1.86. The van der Waals surface area contributed by atoms with Crippen LogP contribution >= 0.6 is 0 Å². The Hall–Kier alpha value is -1.96. The summed E-state index contributed by atoms with van der Waals surface area (Å²) in [7, 11) is 0. The van der Waals surface area contributed by atoms with Gasteiger partial charge in [-0.25, -0.2) is 0 Å². The monoisotopic (exact) mass is 185 g/mol. The molecule has 0 amide bonds. The van der Waals surface area contributed by atoms with Crippen LogP contribution in [0.5, 0.6) is 0 Å². The van der Waals surface area contributed by atoms with Crippen molar-refractivity contribution in [2.75, 3.05) is 0 Å². The molecule has 1 N–H and O–H groups in total. The van der Waals surface area contributed by atoms with Crippen LogP contribution in [0.3, 0.4) is 0 Å². The Morgan fingerprint density at radius 2 is 1.93 bits per heavy atom. The van der Waals surface area contributed by atoms with Gasteiger partial charge in [-0.15, -0.1) is 0 Å². The number of allylic oxidation sites excluding steroid dienone is 3. The maximum Gasteiger partial charge on any atom is 0.150 e. The van der Waals surface area contributed by atoms with Crippen LogP contribution in [-0.4, -0.2) is 12.5 Å². The lowest BCUT2D eigenvalue weighted by atomic mass is 10.0. The Kier molecular flexibility index (Phi) is 3.56. The number of carbonyl (C=O) groups is 1. The summed E-state index contributed by atoms with van der Waals surface area (Å²) in [6.07, 6.45) is 5.35. The fraction of sp³-hybridized carbons (Fsp3) is 0. The second-order valence-electron chi connectivity index (χ2n) is 2.73. The van der Waals surface area contributed by atoms with E-state index in [4.69, 9.17) is 5.41 Å². The second kappa shape index (κ2) is 4.92. The SMILES string of the molecule is C=C/C(=C\C=N)c1ccc(C=O)cc1. The van der Waals surface area contributed by atoms with E-state index in [1.807, 2.05) is 12.1 Å². The van der Waals surface area contributed by atoms with Gasteiger partial charge in [-0.3, -0.25) is 4.79 Å². The van der Waals surface area contributed by atoms with Crippen molar-refractivity contribution in [3.63, 3.8) is 0 Å². The van der Waals surface area contributed by atoms with Gasteiger partial charge in [0.1, 0.15) is 6.29 Å². The molecule has 0 unspecified atom stereocenters. The van der Waals surface area contributed by atoms with Crippen molar-refractivity contribution in [2.24, 2.45) is 0 Å². The molecule has 1 rings (SSSR count). The summed E-state index contributed by atoms with van der Waals surface area (Å²) in [5, 5.41) is 6.96. The van der Waals surface area contributed by atoms with Crippen molar-refractivity contribution in [3.8, 4) is 0 Å². The van der Waals surface area contributed by atoms with E-state index in [0.717, 1.165) is 17.4 Å². The summed E-state index contributed by atoms with van der Waals surface area (Å²) < 4.78 is 0. The van der Waals surface area contributed by atoms with Crippen LogP contribution in [0.4, 0.5) is 0 Å². The lowest BCUT2D eigenvalue weighted by Crippen LogP contribution is -1.83. The zero-order valence-electron chi connectivity index (χ0n) is 7.73. The van der Waals surface area contributed by atoms with E-state index in [0.29, 0.717) is 5.56 Å². The Morgan fingerprint density at radius 1 is 1.29 bits per heavy atom. The summed E-state index contributed by atoms with van der Waals surface area (Å²) in [5.74, 6) is 0. The summed E-state index contributed by atoms with van der Waals surface area (Å²) in [5.41, 5.74) is 2.47. The lowest BCUT2D eigenvalue weighted by molar-refractivity contribution is 0.112. The summed E-state index contributed by atoms with van der Waals surface area (Å²) in [6.45, 7) is 3.66. The molecule has 0 aromatic heterocycles. The molecule has 0 aliphatic heterocycles. The summed E-state index contributed by atoms with van der Waals surface area (Å²) >= 11 is 0. The Bertz CT molecular complexity index is 374. The number of hydrogen-bond acceptors (Lipinski definition) is 2. The van der Waals surface area contributed by atoms with Gasteiger partial charge in [0.15, 0.2) is 0 Å². The summed E-state index contributed by atoms with van der Waals surface area (Å²) in [4.78, 5) is 10.4. The highest BCUT2D eigenvalue weighted by Gasteiger charge is 1.96. The zero-order chi connectivity index (χ0) is 10.4. The fourth-order valence-electron chi connectivity index (χ4n) is 1.13. The van der Waals surface area contributed by atoms with Crippen LogP contribution in [0, 0.1) is 5.41 Å². The molecule has 1 aromatic carbocycles. The molecule has 0 bridgehead atoms. The lowest BCUT2D eigenvalue weighted by Gasteiger charge is -2.00. The fourth-order valence-corrected chi connectivity index (χ4v) is 1.13. The molecule has 0 fully saturated rings. The molecular weight excluding hydrogens is 174 g/mol. The number of hydrogen-bond donors (Lipinski definition) is 1. The molecule has 0 spiro atoms. The van der Waals surface area contributed by atoms with Crippen molar-refractivity contribution in [2.45, 2.75) is 0 Å². The van der Waals surface area contributed by atoms with Gasteiger partial charge in [0.05, 0.1) is 0 Å². The molecular formula is C12H11NO. The van der Waals surface area contributed by atoms with Crippen molar-refractivity contribution >= 4 is 18.1 Å². The number of nitrogens with one attached hydrogen (secondary N) is 1. The Labute approximate surface area is 83.1 Å². The van der Waals surface area contributed by atoms with Crippen molar-refractivity contribution < 1.29 is 4.79 Å². The molecule has 0 aliphatic rings. The molecule has 1 aromatic rings. The predicted molar refractivity (Wildman–Crippen MR) is 58.8 cm³/mol. The first kappa shape index (κ1) is 10.1. The van der Waals surface area contributed by atoms with E-state index in [1.165, 1.54) is 6.21 Å². The molecule has 14 heavy (non-hydrogen) atoms. The van der Waals surface area contributed by atoms with Gasteiger partial charge in [0.25, 0.3) is 0 Å². The first-order valence-electron chi connectivity index (χ1n) is 4.20. The van der Waals surface area contributed by atoms with E-state index in [-0.39, 0.29) is 0 Å². The highest BCUT2D eigenvalue weighted by Crippen LogP contribution is 2.14. The van der Waals surface area contributed by atoms with E-state index >= 15 is 0 Å². The van der Waals surface area contributed by atoms with Crippen LogP contribution in [0.2, 0.25) is 0 Å². The van der Waals surface area contributed by atoms with Gasteiger partial charge in [0.2, 0.25) is 0 Å². The number of carbonyl (C=O) groups excluding carboxylic acids is 1. The molecule has 2 nitrogen and oxygen atoms in total. The zero-order valence-corrected chi connectivity index (χ0v) is 7.73. The normalized spacial score (nSPS) is 10.7. The molecule has 0 aliphatic carbocycles. The molecule has 70 valence electrons. The van der Waals surface area contributed by atoms with Crippen LogP contribution in [0.25, 0.3) is 5.57 Å². The minimum Gasteiger partial charge on any atom is -0.309 e. The van der Waals surface area contributed by atoms with Crippen LogP contribution in [0.15, 0.2) is 43.0 Å². The Morgan fingerprint density at radius 3 is 2.36 bits per heavy atom. The van der Waals surface area contributed by atoms with Gasteiger partial charge in [-0.1, -0.05) is 36.9 Å². The topological polar surface area (TPSA) is 40.9 Å². The van der Waals surface area contributed by atoms with Gasteiger partial charge in [-0.05, 0) is 17.2 Å². The van der Waals surface area contributed by atoms with Gasteiger partial charge >= 0.3 is 0 Å². The highest BCUT2D eigenvalue weighted by atomic mass is 16.1. The quantitative estimate of drug-likeness (QED) is 0.437. The van der Waals surface area contributed by atoms with Gasteiger partial charge in [-0.2, -0.15) is 0 Å². The van der Waals surface area contributed by atoms with Crippen LogP contribution in [-0.2, 0) is 0 Å². The molecule has 0 radical (unpaired) electrons. The molecule has 0 saturated heterocycles. The highest BCUT2D eigenvalue weighted by molar-refractivity contribution is 5.87. The maximum atomic E-state index is 10.4. The third-order valence-corrected chi connectivity index (χ3v) is 1.86. The molecule has 0 atom stereocenters. The van der Waals surface area contributed by atoms with Crippen LogP contribution < -0.4 is 0 Å². The minimum atomic E-state index is 0.645. The number of aldehydes is 1. The second-order valence-corrected chi connectivity index (χ2v) is 2.73. The molecule has 2 heteroatoms. The maximum absolute atomic E-state index is 10.4. The summed E-state index contributed by atoms with van der Waals surface area (Å²) in [6, 6.07) is 7.15. The first-order valence-corrected chi connectivity index (χ1v) is 4.20. The van der Waals surface area contributed by atoms with Gasteiger partial charge < -0.3 is 5.41 Å². The van der Waals surface area contributed by atoms with Crippen molar-refractivity contribution in [1.82, 2.24) is 0 Å². The molecule has 0 heterocycles. The standard InChI is InChI=1S/C12H11NO/c1-2-11(7-8-13)12-5-3-10(9-14)4-6-12/h2-9,13H,1H2/b11-7+,13-8?. The minimum absolute atomic E-state index is 0.645. The number of benzene rings is 1. The van der Waals surface area contributed by atoms with E-state index < -0.39 is 0 Å². The number of rotatable bonds is 4. The van der Waals surface area contributed by atoms with Gasteiger partial charge in [0, 0.05) is 11.8 Å². The first-order chi connectivity index (χ1) is 6.81. The molecule has 0 saturated carbocycles. The third kappa shape index (κ3) is 2.26.